The van der Waals surface area contributed by atoms with Gasteiger partial charge in [0.2, 0.25) is 0 Å². The van der Waals surface area contributed by atoms with E-state index >= 15 is 0 Å². The van der Waals surface area contributed by atoms with E-state index in [1.165, 1.54) is 13.2 Å². The molecule has 9 nitrogen and oxygen atoms in total. The Morgan fingerprint density at radius 1 is 0.786 bits per heavy atom. The Hall–Kier alpha value is -5.70. The fraction of sp³-hybridized carbons (Fsp3) is 0.0909. The molecule has 1 fully saturated rings. The Bertz CT molecular complexity index is 1620. The maximum absolute atomic E-state index is 13.7. The van der Waals surface area contributed by atoms with Crippen LogP contribution in [0.1, 0.15) is 11.1 Å². The van der Waals surface area contributed by atoms with Crippen molar-refractivity contribution in [3.8, 4) is 11.5 Å². The molecule has 0 saturated carbocycles. The van der Waals surface area contributed by atoms with Gasteiger partial charge in [0.1, 0.15) is 17.1 Å². The van der Waals surface area contributed by atoms with Crippen LogP contribution < -0.4 is 24.6 Å². The number of rotatable bonds is 8. The number of hydrogen-bond donors (Lipinski definition) is 1. The van der Waals surface area contributed by atoms with Crippen molar-refractivity contribution in [3.63, 3.8) is 0 Å². The minimum Gasteiger partial charge on any atom is -0.497 e. The number of methoxy groups -OCH3 is 1. The van der Waals surface area contributed by atoms with Crippen molar-refractivity contribution in [1.82, 2.24) is 0 Å². The highest BCUT2D eigenvalue weighted by atomic mass is 16.5. The quantitative estimate of drug-likeness (QED) is 0.222. The SMILES string of the molecule is COc1ccc(C=C2C(=O)N(c3ccccc3)C(=O)N(c3ccccc3)C2=O)c(OCC(=O)Nc2cccc(C)c2)c1. The maximum atomic E-state index is 13.7. The summed E-state index contributed by atoms with van der Waals surface area (Å²) in [7, 11) is 1.48. The van der Waals surface area contributed by atoms with Gasteiger partial charge in [-0.15, -0.1) is 0 Å². The second kappa shape index (κ2) is 12.2. The normalized spacial score (nSPS) is 13.2. The molecule has 42 heavy (non-hydrogen) atoms. The minimum absolute atomic E-state index is 0.205. The number of anilines is 3. The predicted molar refractivity (Wildman–Crippen MR) is 160 cm³/mol. The van der Waals surface area contributed by atoms with Crippen LogP contribution in [0.25, 0.3) is 6.08 Å². The Balaban J connectivity index is 1.51. The van der Waals surface area contributed by atoms with Crippen molar-refractivity contribution in [1.29, 1.82) is 0 Å². The van der Waals surface area contributed by atoms with E-state index in [4.69, 9.17) is 9.47 Å². The Morgan fingerprint density at radius 2 is 1.40 bits per heavy atom. The van der Waals surface area contributed by atoms with Crippen LogP contribution in [0.4, 0.5) is 21.9 Å². The second-order valence-corrected chi connectivity index (χ2v) is 9.40. The van der Waals surface area contributed by atoms with E-state index in [2.05, 4.69) is 5.32 Å². The summed E-state index contributed by atoms with van der Waals surface area (Å²) in [4.78, 5) is 55.5. The van der Waals surface area contributed by atoms with E-state index in [1.807, 2.05) is 25.1 Å². The maximum Gasteiger partial charge on any atom is 0.343 e. The van der Waals surface area contributed by atoms with Crippen LogP contribution in [0, 0.1) is 6.92 Å². The number of carbonyl (C=O) groups is 4. The number of imide groups is 2. The molecular weight excluding hydrogens is 534 g/mol. The van der Waals surface area contributed by atoms with Gasteiger partial charge in [-0.25, -0.2) is 14.6 Å². The first-order valence-electron chi connectivity index (χ1n) is 13.1. The van der Waals surface area contributed by atoms with Gasteiger partial charge in [0.05, 0.1) is 18.5 Å². The van der Waals surface area contributed by atoms with Gasteiger partial charge in [0, 0.05) is 17.3 Å². The molecule has 0 aliphatic carbocycles. The van der Waals surface area contributed by atoms with E-state index in [9.17, 15) is 19.2 Å². The third-order valence-electron chi connectivity index (χ3n) is 6.46. The molecule has 1 N–H and O–H groups in total. The fourth-order valence-corrected chi connectivity index (χ4v) is 4.44. The standard InChI is InChI=1S/C33H27N3O6/c1-22-10-9-11-24(18-22)34-30(37)21-42-29-20-27(41-2)17-16-23(29)19-28-31(38)35(25-12-5-3-6-13-25)33(40)36(32(28)39)26-14-7-4-8-15-26/h3-20H,21H2,1-2H3,(H,34,37). The zero-order valence-corrected chi connectivity index (χ0v) is 22.9. The molecule has 210 valence electrons. The number of urea groups is 1. The lowest BCUT2D eigenvalue weighted by Crippen LogP contribution is -2.57. The van der Waals surface area contributed by atoms with Crippen molar-refractivity contribution in [2.45, 2.75) is 6.92 Å². The summed E-state index contributed by atoms with van der Waals surface area (Å²) < 4.78 is 11.2. The highest BCUT2D eigenvalue weighted by Gasteiger charge is 2.43. The summed E-state index contributed by atoms with van der Waals surface area (Å²) in [5, 5.41) is 2.78. The van der Waals surface area contributed by atoms with Gasteiger partial charge in [-0.1, -0.05) is 48.5 Å². The number of nitrogens with zero attached hydrogens (tertiary/aromatic N) is 2. The summed E-state index contributed by atoms with van der Waals surface area (Å²) in [5.41, 5.74) is 2.32. The molecule has 5 rings (SSSR count). The van der Waals surface area contributed by atoms with Crippen molar-refractivity contribution in [2.75, 3.05) is 28.8 Å². The van der Waals surface area contributed by atoms with Crippen molar-refractivity contribution >= 4 is 46.9 Å². The summed E-state index contributed by atoms with van der Waals surface area (Å²) in [6.07, 6.45) is 1.36. The van der Waals surface area contributed by atoms with Gasteiger partial charge in [0.25, 0.3) is 17.7 Å². The first-order chi connectivity index (χ1) is 20.4. The van der Waals surface area contributed by atoms with E-state index in [1.54, 1.807) is 84.9 Å². The number of barbiturate groups is 1. The summed E-state index contributed by atoms with van der Waals surface area (Å²) in [6.45, 7) is 1.57. The second-order valence-electron chi connectivity index (χ2n) is 9.40. The lowest BCUT2D eigenvalue weighted by Gasteiger charge is -2.34. The van der Waals surface area contributed by atoms with Crippen LogP contribution in [0.3, 0.4) is 0 Å². The van der Waals surface area contributed by atoms with E-state index in [-0.39, 0.29) is 17.9 Å². The zero-order chi connectivity index (χ0) is 29.6. The lowest BCUT2D eigenvalue weighted by atomic mass is 10.0. The highest BCUT2D eigenvalue weighted by molar-refractivity contribution is 6.46. The lowest BCUT2D eigenvalue weighted by molar-refractivity contribution is -0.121. The number of nitrogens with one attached hydrogen (secondary N) is 1. The minimum atomic E-state index is -0.793. The number of hydrogen-bond acceptors (Lipinski definition) is 6. The Labute approximate surface area is 242 Å². The number of aryl methyl sites for hydroxylation is 1. The van der Waals surface area contributed by atoms with Gasteiger partial charge in [-0.2, -0.15) is 0 Å². The summed E-state index contributed by atoms with van der Waals surface area (Å²) in [5.74, 6) is -1.33. The topological polar surface area (TPSA) is 105 Å². The molecule has 0 radical (unpaired) electrons. The van der Waals surface area contributed by atoms with Crippen LogP contribution in [-0.4, -0.2) is 37.5 Å². The van der Waals surface area contributed by atoms with Gasteiger partial charge < -0.3 is 14.8 Å². The average molecular weight is 562 g/mol. The molecule has 9 heteroatoms. The molecule has 0 unspecified atom stereocenters. The molecule has 1 aliphatic heterocycles. The summed E-state index contributed by atoms with van der Waals surface area (Å²) >= 11 is 0. The van der Waals surface area contributed by atoms with E-state index < -0.39 is 23.8 Å². The molecule has 0 aromatic heterocycles. The predicted octanol–water partition coefficient (Wildman–Crippen LogP) is 5.60. The van der Waals surface area contributed by atoms with Crippen LogP contribution >= 0.6 is 0 Å². The number of carbonyl (C=O) groups excluding carboxylic acids is 4. The zero-order valence-electron chi connectivity index (χ0n) is 22.9. The largest absolute Gasteiger partial charge is 0.497 e. The third kappa shape index (κ3) is 5.90. The number of benzene rings is 4. The third-order valence-corrected chi connectivity index (χ3v) is 6.46. The van der Waals surface area contributed by atoms with Crippen molar-refractivity contribution in [2.24, 2.45) is 0 Å². The molecule has 5 amide bonds. The smallest absolute Gasteiger partial charge is 0.343 e. The Morgan fingerprint density at radius 3 is 1.98 bits per heavy atom. The molecule has 0 bridgehead atoms. The molecule has 0 atom stereocenters. The Kier molecular flexibility index (Phi) is 8.10. The monoisotopic (exact) mass is 561 g/mol. The van der Waals surface area contributed by atoms with Crippen LogP contribution in [0.5, 0.6) is 11.5 Å². The molecule has 1 saturated heterocycles. The molecule has 1 aliphatic rings. The molecule has 0 spiro atoms. The molecular formula is C33H27N3O6. The number of amides is 5. The van der Waals surface area contributed by atoms with Gasteiger partial charge in [-0.3, -0.25) is 14.4 Å². The number of para-hydroxylation sites is 2. The van der Waals surface area contributed by atoms with Gasteiger partial charge in [-0.05, 0) is 67.1 Å². The van der Waals surface area contributed by atoms with Crippen LogP contribution in [0.2, 0.25) is 0 Å². The first-order valence-corrected chi connectivity index (χ1v) is 13.1. The van der Waals surface area contributed by atoms with Gasteiger partial charge >= 0.3 is 6.03 Å². The van der Waals surface area contributed by atoms with Crippen LogP contribution in [-0.2, 0) is 14.4 Å². The average Bonchev–Trinajstić information content (AvgIpc) is 2.99. The van der Waals surface area contributed by atoms with Gasteiger partial charge in [0.15, 0.2) is 6.61 Å². The number of ether oxygens (including phenoxy) is 2. The van der Waals surface area contributed by atoms with Crippen molar-refractivity contribution < 1.29 is 28.7 Å². The molecule has 4 aromatic carbocycles. The van der Waals surface area contributed by atoms with E-state index in [0.717, 1.165) is 15.4 Å². The molecule has 4 aromatic rings. The molecule has 1 heterocycles. The highest BCUT2D eigenvalue weighted by Crippen LogP contribution is 2.32. The fourth-order valence-electron chi connectivity index (χ4n) is 4.44. The van der Waals surface area contributed by atoms with E-state index in [0.29, 0.717) is 28.4 Å². The first kappa shape index (κ1) is 27.9. The van der Waals surface area contributed by atoms with Crippen LogP contribution in [0.15, 0.2) is 109 Å². The summed E-state index contributed by atoms with van der Waals surface area (Å²) in [6, 6.07) is 28.1. The van der Waals surface area contributed by atoms with Crippen molar-refractivity contribution in [3.05, 3.63) is 120 Å².